The van der Waals surface area contributed by atoms with E-state index in [9.17, 15) is 8.78 Å². The number of hydrogen-bond donors (Lipinski definition) is 2. The number of hydrogen-bond acceptors (Lipinski definition) is 4. The number of aryl methyl sites for hydroxylation is 1. The predicted molar refractivity (Wildman–Crippen MR) is 80.0 cm³/mol. The van der Waals surface area contributed by atoms with Crippen molar-refractivity contribution in [1.29, 1.82) is 0 Å². The van der Waals surface area contributed by atoms with Crippen molar-refractivity contribution in [3.05, 3.63) is 41.2 Å². The summed E-state index contributed by atoms with van der Waals surface area (Å²) in [5.41, 5.74) is 0.975. The van der Waals surface area contributed by atoms with E-state index in [2.05, 4.69) is 20.6 Å². The van der Waals surface area contributed by atoms with Gasteiger partial charge in [-0.15, -0.1) is 0 Å². The number of halogens is 2. The van der Waals surface area contributed by atoms with Gasteiger partial charge in [0.2, 0.25) is 0 Å². The van der Waals surface area contributed by atoms with Gasteiger partial charge in [0.25, 0.3) is 0 Å². The molecule has 6 heteroatoms. The molecule has 0 aliphatic carbocycles. The summed E-state index contributed by atoms with van der Waals surface area (Å²) in [6.45, 7) is 6.18. The van der Waals surface area contributed by atoms with Crippen LogP contribution in [0.15, 0.2) is 18.5 Å². The van der Waals surface area contributed by atoms with Crippen molar-refractivity contribution >= 4 is 17.3 Å². The molecular weight excluding hydrogens is 274 g/mol. The molecule has 0 spiro atoms. The summed E-state index contributed by atoms with van der Waals surface area (Å²) in [7, 11) is 0. The van der Waals surface area contributed by atoms with Crippen LogP contribution in [0.5, 0.6) is 0 Å². The zero-order valence-electron chi connectivity index (χ0n) is 12.3. The van der Waals surface area contributed by atoms with Crippen molar-refractivity contribution in [3.8, 4) is 0 Å². The topological polar surface area (TPSA) is 49.8 Å². The van der Waals surface area contributed by atoms with Gasteiger partial charge in [0, 0.05) is 12.1 Å². The Labute approximate surface area is 122 Å². The van der Waals surface area contributed by atoms with Crippen molar-refractivity contribution in [2.24, 2.45) is 0 Å². The van der Waals surface area contributed by atoms with Crippen LogP contribution in [0, 0.1) is 18.6 Å². The Hall–Kier alpha value is -2.24. The van der Waals surface area contributed by atoms with E-state index in [1.54, 1.807) is 6.92 Å². The van der Waals surface area contributed by atoms with Gasteiger partial charge < -0.3 is 10.6 Å². The molecule has 4 nitrogen and oxygen atoms in total. The number of nitrogens with zero attached hydrogens (tertiary/aromatic N) is 2. The Kier molecular flexibility index (Phi) is 4.67. The van der Waals surface area contributed by atoms with E-state index in [0.717, 1.165) is 5.56 Å². The van der Waals surface area contributed by atoms with Crippen LogP contribution in [0.4, 0.5) is 26.1 Å². The lowest BCUT2D eigenvalue weighted by molar-refractivity contribution is 0.584. The Morgan fingerprint density at radius 1 is 1.10 bits per heavy atom. The molecule has 0 radical (unpaired) electrons. The quantitative estimate of drug-likeness (QED) is 0.880. The first kappa shape index (κ1) is 15.2. The third-order valence-corrected chi connectivity index (χ3v) is 3.17. The standard InChI is InChI=1S/C15H18F2N4/c1-4-10-14(18-5-2)19-8-20-15(10)21-13-11(16)7-6-9(3)12(13)17/h6-8H,4-5H2,1-3H3,(H2,18,19,20,21). The fourth-order valence-electron chi connectivity index (χ4n) is 2.06. The van der Waals surface area contributed by atoms with E-state index in [1.165, 1.54) is 18.5 Å². The third kappa shape index (κ3) is 3.09. The van der Waals surface area contributed by atoms with Crippen LogP contribution < -0.4 is 10.6 Å². The van der Waals surface area contributed by atoms with Gasteiger partial charge in [0.05, 0.1) is 0 Å². The fourth-order valence-corrected chi connectivity index (χ4v) is 2.06. The monoisotopic (exact) mass is 292 g/mol. The molecule has 0 amide bonds. The molecule has 0 fully saturated rings. The molecule has 2 aromatic rings. The van der Waals surface area contributed by atoms with Crippen LogP contribution in [0.2, 0.25) is 0 Å². The second kappa shape index (κ2) is 6.47. The van der Waals surface area contributed by atoms with Crippen LogP contribution in [0.3, 0.4) is 0 Å². The molecular formula is C15H18F2N4. The van der Waals surface area contributed by atoms with Gasteiger partial charge in [0.1, 0.15) is 29.5 Å². The summed E-state index contributed by atoms with van der Waals surface area (Å²) in [6.07, 6.45) is 2.01. The van der Waals surface area contributed by atoms with Gasteiger partial charge in [-0.25, -0.2) is 18.7 Å². The van der Waals surface area contributed by atoms with E-state index >= 15 is 0 Å². The molecule has 2 N–H and O–H groups in total. The molecule has 1 aromatic heterocycles. The van der Waals surface area contributed by atoms with Gasteiger partial charge >= 0.3 is 0 Å². The van der Waals surface area contributed by atoms with Crippen molar-refractivity contribution in [2.75, 3.05) is 17.2 Å². The minimum atomic E-state index is -0.649. The minimum Gasteiger partial charge on any atom is -0.370 e. The smallest absolute Gasteiger partial charge is 0.152 e. The van der Waals surface area contributed by atoms with Gasteiger partial charge in [0.15, 0.2) is 5.82 Å². The van der Waals surface area contributed by atoms with Gasteiger partial charge in [-0.2, -0.15) is 0 Å². The maximum atomic E-state index is 14.1. The highest BCUT2D eigenvalue weighted by Gasteiger charge is 2.15. The maximum Gasteiger partial charge on any atom is 0.152 e. The molecule has 112 valence electrons. The van der Waals surface area contributed by atoms with Crippen LogP contribution in [0.25, 0.3) is 0 Å². The van der Waals surface area contributed by atoms with E-state index in [-0.39, 0.29) is 5.69 Å². The number of nitrogens with one attached hydrogen (secondary N) is 2. The Balaban J connectivity index is 2.45. The number of rotatable bonds is 5. The molecule has 0 bridgehead atoms. The summed E-state index contributed by atoms with van der Waals surface area (Å²) in [4.78, 5) is 8.26. The fraction of sp³-hybridized carbons (Fsp3) is 0.333. The van der Waals surface area contributed by atoms with Crippen LogP contribution >= 0.6 is 0 Å². The summed E-state index contributed by atoms with van der Waals surface area (Å²) >= 11 is 0. The highest BCUT2D eigenvalue weighted by molar-refractivity contribution is 5.66. The van der Waals surface area contributed by atoms with Crippen molar-refractivity contribution < 1.29 is 8.78 Å². The average Bonchev–Trinajstić information content (AvgIpc) is 2.48. The normalized spacial score (nSPS) is 10.5. The molecule has 0 aliphatic rings. The third-order valence-electron chi connectivity index (χ3n) is 3.17. The molecule has 0 saturated carbocycles. The average molecular weight is 292 g/mol. The summed E-state index contributed by atoms with van der Waals surface area (Å²) in [5, 5.41) is 5.87. The minimum absolute atomic E-state index is 0.189. The lowest BCUT2D eigenvalue weighted by Crippen LogP contribution is -2.09. The Bertz CT molecular complexity index is 644. The second-order valence-corrected chi connectivity index (χ2v) is 4.61. The van der Waals surface area contributed by atoms with Gasteiger partial charge in [-0.3, -0.25) is 0 Å². The van der Waals surface area contributed by atoms with E-state index in [1.807, 2.05) is 13.8 Å². The molecule has 0 atom stereocenters. The van der Waals surface area contributed by atoms with Crippen LogP contribution in [-0.2, 0) is 6.42 Å². The molecule has 0 saturated heterocycles. The first-order chi connectivity index (χ1) is 10.1. The Morgan fingerprint density at radius 2 is 1.81 bits per heavy atom. The zero-order valence-corrected chi connectivity index (χ0v) is 12.3. The van der Waals surface area contributed by atoms with Crippen molar-refractivity contribution in [1.82, 2.24) is 9.97 Å². The number of aromatic nitrogens is 2. The van der Waals surface area contributed by atoms with Gasteiger partial charge in [-0.05, 0) is 31.9 Å². The molecule has 0 unspecified atom stereocenters. The predicted octanol–water partition coefficient (Wildman–Crippen LogP) is 3.80. The molecule has 1 heterocycles. The maximum absolute atomic E-state index is 14.1. The zero-order chi connectivity index (χ0) is 15.4. The van der Waals surface area contributed by atoms with E-state index in [4.69, 9.17) is 0 Å². The summed E-state index contributed by atoms with van der Waals surface area (Å²) in [6, 6.07) is 2.64. The molecule has 0 aliphatic heterocycles. The highest BCUT2D eigenvalue weighted by Crippen LogP contribution is 2.28. The number of benzene rings is 1. The SMILES string of the molecule is CCNc1ncnc(Nc2c(F)ccc(C)c2F)c1CC. The van der Waals surface area contributed by atoms with Crippen molar-refractivity contribution in [3.63, 3.8) is 0 Å². The Morgan fingerprint density at radius 3 is 2.48 bits per heavy atom. The first-order valence-electron chi connectivity index (χ1n) is 6.87. The molecule has 21 heavy (non-hydrogen) atoms. The molecule has 1 aromatic carbocycles. The second-order valence-electron chi connectivity index (χ2n) is 4.61. The van der Waals surface area contributed by atoms with E-state index in [0.29, 0.717) is 30.2 Å². The molecule has 2 rings (SSSR count). The first-order valence-corrected chi connectivity index (χ1v) is 6.87. The lowest BCUT2D eigenvalue weighted by Gasteiger charge is -2.15. The summed E-state index contributed by atoms with van der Waals surface area (Å²) in [5.74, 6) is -0.178. The van der Waals surface area contributed by atoms with E-state index < -0.39 is 11.6 Å². The van der Waals surface area contributed by atoms with Crippen LogP contribution in [0.1, 0.15) is 25.0 Å². The largest absolute Gasteiger partial charge is 0.370 e. The van der Waals surface area contributed by atoms with Crippen LogP contribution in [-0.4, -0.2) is 16.5 Å². The van der Waals surface area contributed by atoms with Gasteiger partial charge in [-0.1, -0.05) is 13.0 Å². The highest BCUT2D eigenvalue weighted by atomic mass is 19.1. The summed E-state index contributed by atoms with van der Waals surface area (Å²) < 4.78 is 27.9. The lowest BCUT2D eigenvalue weighted by atomic mass is 10.1. The van der Waals surface area contributed by atoms with Crippen molar-refractivity contribution in [2.45, 2.75) is 27.2 Å². The number of anilines is 3.